The molecule has 0 bridgehead atoms. The number of amides is 2. The van der Waals surface area contributed by atoms with Gasteiger partial charge in [-0.1, -0.05) is 39.2 Å². The van der Waals surface area contributed by atoms with Crippen molar-refractivity contribution >= 4 is 22.7 Å². The molecular weight excluding hydrogens is 486 g/mol. The van der Waals surface area contributed by atoms with Crippen molar-refractivity contribution in [3.8, 4) is 17.0 Å². The summed E-state index contributed by atoms with van der Waals surface area (Å²) in [4.78, 5) is 28.6. The minimum absolute atomic E-state index is 0.168. The summed E-state index contributed by atoms with van der Waals surface area (Å²) in [5.74, 6) is 2.52. The largest absolute Gasteiger partial charge is 0.497 e. The van der Waals surface area contributed by atoms with Gasteiger partial charge in [-0.2, -0.15) is 0 Å². The van der Waals surface area contributed by atoms with Crippen LogP contribution < -0.4 is 10.5 Å². The Morgan fingerprint density at radius 2 is 1.82 bits per heavy atom. The van der Waals surface area contributed by atoms with Crippen molar-refractivity contribution in [1.82, 2.24) is 9.47 Å². The van der Waals surface area contributed by atoms with E-state index < -0.39 is 11.3 Å². The van der Waals surface area contributed by atoms with Crippen LogP contribution in [-0.4, -0.2) is 41.5 Å². The third-order valence-corrected chi connectivity index (χ3v) is 10.4. The van der Waals surface area contributed by atoms with Crippen LogP contribution in [0.25, 0.3) is 22.2 Å². The van der Waals surface area contributed by atoms with E-state index in [1.165, 1.54) is 59.9 Å². The predicted octanol–water partition coefficient (Wildman–Crippen LogP) is 6.07. The Hall–Kier alpha value is -3.28. The van der Waals surface area contributed by atoms with Crippen LogP contribution in [0.4, 0.5) is 0 Å². The van der Waals surface area contributed by atoms with Crippen LogP contribution in [-0.2, 0) is 11.3 Å². The van der Waals surface area contributed by atoms with Crippen LogP contribution in [0.3, 0.4) is 0 Å². The van der Waals surface area contributed by atoms with Crippen LogP contribution >= 0.6 is 0 Å². The molecule has 2 N–H and O–H groups in total. The normalized spacial score (nSPS) is 24.5. The molecule has 2 saturated carbocycles. The van der Waals surface area contributed by atoms with E-state index in [1.54, 1.807) is 7.11 Å². The number of benzene rings is 2. The summed E-state index contributed by atoms with van der Waals surface area (Å²) in [6, 6.07) is 12.4. The molecule has 2 atom stereocenters. The number of carbonyl (C=O) groups excluding carboxylic acids is 2. The smallest absolute Gasteiger partial charge is 0.248 e. The Bertz CT molecular complexity index is 1490. The highest BCUT2D eigenvalue weighted by molar-refractivity contribution is 6.01. The standard InChI is InChI=1S/C33H39N3O3/c1-19(2)22-16-35(17-22)32(38)33-15-27(33)26-14-23(39-3)10-12-24(26)30-29(20-7-5-4-6-8-20)25-11-9-21(31(34)37)13-28(25)36(30)18-33/h9-14,19-20,22,27H,4-8,15-18H2,1-3H3,(H2,34,37). The zero-order valence-corrected chi connectivity index (χ0v) is 23.3. The third-order valence-electron chi connectivity index (χ3n) is 10.4. The second-order valence-corrected chi connectivity index (χ2v) is 12.9. The lowest BCUT2D eigenvalue weighted by molar-refractivity contribution is -0.145. The summed E-state index contributed by atoms with van der Waals surface area (Å²) in [5.41, 5.74) is 11.9. The van der Waals surface area contributed by atoms with E-state index in [2.05, 4.69) is 47.6 Å². The molecule has 0 radical (unpaired) electrons. The van der Waals surface area contributed by atoms with Crippen LogP contribution in [0.5, 0.6) is 5.75 Å². The molecule has 2 aromatic carbocycles. The third kappa shape index (κ3) is 3.66. The molecule has 204 valence electrons. The van der Waals surface area contributed by atoms with Crippen LogP contribution in [0.15, 0.2) is 36.4 Å². The summed E-state index contributed by atoms with van der Waals surface area (Å²) >= 11 is 0. The molecule has 2 unspecified atom stereocenters. The maximum atomic E-state index is 14.3. The fourth-order valence-electron chi connectivity index (χ4n) is 7.85. The maximum absolute atomic E-state index is 14.3. The number of rotatable bonds is 5. The lowest BCUT2D eigenvalue weighted by Crippen LogP contribution is -2.54. The number of methoxy groups -OCH3 is 1. The average Bonchev–Trinajstić information content (AvgIpc) is 3.58. The molecular formula is C33H39N3O3. The van der Waals surface area contributed by atoms with Gasteiger partial charge in [-0.3, -0.25) is 9.59 Å². The predicted molar refractivity (Wildman–Crippen MR) is 153 cm³/mol. The first-order valence-electron chi connectivity index (χ1n) is 14.8. The van der Waals surface area contributed by atoms with Crippen molar-refractivity contribution in [2.24, 2.45) is 23.0 Å². The molecule has 2 aliphatic carbocycles. The van der Waals surface area contributed by atoms with Gasteiger partial charge in [0.05, 0.1) is 18.2 Å². The van der Waals surface area contributed by atoms with E-state index in [9.17, 15) is 9.59 Å². The van der Waals surface area contributed by atoms with Crippen molar-refractivity contribution in [1.29, 1.82) is 0 Å². The molecule has 1 saturated heterocycles. The van der Waals surface area contributed by atoms with Gasteiger partial charge in [-0.15, -0.1) is 0 Å². The molecule has 39 heavy (non-hydrogen) atoms. The van der Waals surface area contributed by atoms with Gasteiger partial charge in [0.15, 0.2) is 0 Å². The number of ether oxygens (including phenoxy) is 1. The maximum Gasteiger partial charge on any atom is 0.248 e. The number of aromatic nitrogens is 1. The minimum Gasteiger partial charge on any atom is -0.497 e. The lowest BCUT2D eigenvalue weighted by atomic mass is 9.81. The van der Waals surface area contributed by atoms with Crippen molar-refractivity contribution in [2.75, 3.05) is 20.2 Å². The molecule has 2 amide bonds. The Kier molecular flexibility index (Phi) is 5.63. The SMILES string of the molecule is COc1ccc2c(c1)C1CC1(C(=O)N1CC(C(C)C)C1)Cn1c-2c(C2CCCCC2)c2ccc(C(N)=O)cc21. The first-order chi connectivity index (χ1) is 18.8. The Labute approximate surface area is 230 Å². The Morgan fingerprint density at radius 3 is 2.51 bits per heavy atom. The van der Waals surface area contributed by atoms with E-state index in [0.29, 0.717) is 29.9 Å². The topological polar surface area (TPSA) is 77.6 Å². The summed E-state index contributed by atoms with van der Waals surface area (Å²) in [6.07, 6.45) is 6.96. The van der Waals surface area contributed by atoms with Gasteiger partial charge >= 0.3 is 0 Å². The van der Waals surface area contributed by atoms with Crippen LogP contribution in [0.1, 0.15) is 85.7 Å². The zero-order chi connectivity index (χ0) is 27.1. The number of hydrogen-bond acceptors (Lipinski definition) is 3. The minimum atomic E-state index is -0.465. The number of carbonyl (C=O) groups is 2. The number of nitrogens with zero attached hydrogens (tertiary/aromatic N) is 2. The van der Waals surface area contributed by atoms with Crippen molar-refractivity contribution in [3.63, 3.8) is 0 Å². The first kappa shape index (κ1) is 24.7. The van der Waals surface area contributed by atoms with E-state index in [1.807, 2.05) is 12.1 Å². The van der Waals surface area contributed by atoms with Gasteiger partial charge in [-0.25, -0.2) is 0 Å². The van der Waals surface area contributed by atoms with Gasteiger partial charge in [0.25, 0.3) is 0 Å². The molecule has 2 aliphatic heterocycles. The summed E-state index contributed by atoms with van der Waals surface area (Å²) in [7, 11) is 1.71. The highest BCUT2D eigenvalue weighted by Crippen LogP contribution is 2.66. The monoisotopic (exact) mass is 525 g/mol. The van der Waals surface area contributed by atoms with E-state index >= 15 is 0 Å². The number of likely N-dealkylation sites (tertiary alicyclic amines) is 1. The fourth-order valence-corrected chi connectivity index (χ4v) is 7.85. The van der Waals surface area contributed by atoms with Gasteiger partial charge < -0.3 is 19.9 Å². The molecule has 6 nitrogen and oxygen atoms in total. The second-order valence-electron chi connectivity index (χ2n) is 12.9. The van der Waals surface area contributed by atoms with Crippen molar-refractivity contribution < 1.29 is 14.3 Å². The quantitative estimate of drug-likeness (QED) is 0.440. The molecule has 3 aromatic rings. The lowest BCUT2D eigenvalue weighted by Gasteiger charge is -2.43. The Morgan fingerprint density at radius 1 is 1.05 bits per heavy atom. The van der Waals surface area contributed by atoms with Crippen LogP contribution in [0, 0.1) is 17.3 Å². The second kappa shape index (κ2) is 8.87. The molecule has 3 heterocycles. The molecule has 7 rings (SSSR count). The summed E-state index contributed by atoms with van der Waals surface area (Å²) in [6.45, 7) is 6.85. The highest BCUT2D eigenvalue weighted by Gasteiger charge is 2.64. The highest BCUT2D eigenvalue weighted by atomic mass is 16.5. The summed E-state index contributed by atoms with van der Waals surface area (Å²) in [5, 5.41) is 1.20. The van der Waals surface area contributed by atoms with E-state index in [-0.39, 0.29) is 11.8 Å². The zero-order valence-electron chi connectivity index (χ0n) is 23.3. The van der Waals surface area contributed by atoms with Gasteiger partial charge in [0, 0.05) is 47.6 Å². The van der Waals surface area contributed by atoms with Crippen LogP contribution in [0.2, 0.25) is 0 Å². The van der Waals surface area contributed by atoms with Crippen molar-refractivity contribution in [3.05, 3.63) is 53.1 Å². The number of nitrogens with two attached hydrogens (primary N) is 1. The number of hydrogen-bond donors (Lipinski definition) is 1. The molecule has 1 aromatic heterocycles. The van der Waals surface area contributed by atoms with Crippen molar-refractivity contribution in [2.45, 2.75) is 70.8 Å². The fraction of sp³-hybridized carbons (Fsp3) is 0.515. The molecule has 0 spiro atoms. The summed E-state index contributed by atoms with van der Waals surface area (Å²) < 4.78 is 8.07. The van der Waals surface area contributed by atoms with Gasteiger partial charge in [0.1, 0.15) is 5.75 Å². The van der Waals surface area contributed by atoms with Gasteiger partial charge in [0.2, 0.25) is 11.8 Å². The average molecular weight is 526 g/mol. The Balaban J connectivity index is 1.45. The van der Waals surface area contributed by atoms with Gasteiger partial charge in [-0.05, 0) is 78.5 Å². The van der Waals surface area contributed by atoms with E-state index in [4.69, 9.17) is 10.5 Å². The number of fused-ring (bicyclic) bond motifs is 7. The molecule has 4 aliphatic rings. The molecule has 6 heteroatoms. The molecule has 3 fully saturated rings. The number of primary amides is 1. The first-order valence-corrected chi connectivity index (χ1v) is 14.8. The van der Waals surface area contributed by atoms with E-state index in [0.717, 1.165) is 30.8 Å².